The summed E-state index contributed by atoms with van der Waals surface area (Å²) in [7, 11) is 0. The van der Waals surface area contributed by atoms with Crippen LogP contribution in [0, 0.1) is 25.7 Å². The lowest BCUT2D eigenvalue weighted by Gasteiger charge is -2.31. The second-order valence-electron chi connectivity index (χ2n) is 4.87. The van der Waals surface area contributed by atoms with Crippen molar-refractivity contribution in [2.75, 3.05) is 13.1 Å². The van der Waals surface area contributed by atoms with Crippen molar-refractivity contribution in [1.82, 2.24) is 5.32 Å². The summed E-state index contributed by atoms with van der Waals surface area (Å²) >= 11 is 0. The number of rotatable bonds is 3. The Hall–Kier alpha value is -1.15. The average Bonchev–Trinajstić information content (AvgIpc) is 2.18. The molecule has 0 saturated carbocycles. The lowest BCUT2D eigenvalue weighted by Crippen LogP contribution is -2.47. The highest BCUT2D eigenvalue weighted by Gasteiger charge is 2.29. The lowest BCUT2D eigenvalue weighted by atomic mass is 9.83. The van der Waals surface area contributed by atoms with E-state index in [1.54, 1.807) is 0 Å². The molecule has 16 heavy (non-hydrogen) atoms. The number of aryl methyl sites for hydroxylation is 2. The predicted octanol–water partition coefficient (Wildman–Crippen LogP) is 2.34. The summed E-state index contributed by atoms with van der Waals surface area (Å²) in [5, 5.41) is 3.22. The first-order chi connectivity index (χ1) is 7.59. The maximum Gasteiger partial charge on any atom is 0.166 e. The minimum Gasteiger partial charge on any atom is -0.316 e. The van der Waals surface area contributed by atoms with Gasteiger partial charge in [0.2, 0.25) is 0 Å². The Morgan fingerprint density at radius 1 is 1.31 bits per heavy atom. The van der Waals surface area contributed by atoms with Gasteiger partial charge in [-0.15, -0.1) is 0 Å². The summed E-state index contributed by atoms with van der Waals surface area (Å²) < 4.78 is 0. The summed E-state index contributed by atoms with van der Waals surface area (Å²) in [5.41, 5.74) is 3.31. The van der Waals surface area contributed by atoms with Gasteiger partial charge in [-0.05, 0) is 50.0 Å². The van der Waals surface area contributed by atoms with Gasteiger partial charge < -0.3 is 5.32 Å². The van der Waals surface area contributed by atoms with Gasteiger partial charge in [0, 0.05) is 11.5 Å². The van der Waals surface area contributed by atoms with E-state index < -0.39 is 0 Å². The van der Waals surface area contributed by atoms with Gasteiger partial charge in [0.25, 0.3) is 0 Å². The van der Waals surface area contributed by atoms with Crippen molar-refractivity contribution < 1.29 is 4.79 Å². The Bertz CT molecular complexity index is 407. The molecule has 0 aliphatic carbocycles. The fourth-order valence-corrected chi connectivity index (χ4v) is 2.04. The molecule has 1 N–H and O–H groups in total. The predicted molar refractivity (Wildman–Crippen MR) is 65.8 cm³/mol. The number of hydrogen-bond donors (Lipinski definition) is 1. The number of hydrogen-bond acceptors (Lipinski definition) is 2. The molecule has 2 nitrogen and oxygen atoms in total. The van der Waals surface area contributed by atoms with Crippen LogP contribution in [0.15, 0.2) is 18.2 Å². The highest BCUT2D eigenvalue weighted by Crippen LogP contribution is 2.21. The minimum atomic E-state index is 0.142. The van der Waals surface area contributed by atoms with Crippen LogP contribution in [0.5, 0.6) is 0 Å². The third kappa shape index (κ3) is 2.03. The average molecular weight is 217 g/mol. The van der Waals surface area contributed by atoms with Crippen LogP contribution in [0.2, 0.25) is 0 Å². The largest absolute Gasteiger partial charge is 0.316 e. The van der Waals surface area contributed by atoms with Crippen LogP contribution in [-0.4, -0.2) is 18.9 Å². The number of nitrogens with one attached hydrogen (secondary N) is 1. The van der Waals surface area contributed by atoms with Gasteiger partial charge >= 0.3 is 0 Å². The van der Waals surface area contributed by atoms with E-state index in [1.807, 2.05) is 25.1 Å². The molecule has 1 aliphatic rings. The third-order valence-corrected chi connectivity index (χ3v) is 3.73. The van der Waals surface area contributed by atoms with Gasteiger partial charge in [-0.25, -0.2) is 0 Å². The number of carbonyl (C=O) groups is 1. The Kier molecular flexibility index (Phi) is 3.10. The molecule has 1 aliphatic heterocycles. The summed E-state index contributed by atoms with van der Waals surface area (Å²) in [6.07, 6.45) is 0. The molecule has 1 aromatic rings. The molecular formula is C14H19NO. The van der Waals surface area contributed by atoms with Crippen LogP contribution in [0.4, 0.5) is 0 Å². The lowest BCUT2D eigenvalue weighted by molar-refractivity contribution is 0.0854. The normalized spacial score (nSPS) is 17.9. The maximum atomic E-state index is 12.2. The number of ketones is 1. The summed E-state index contributed by atoms with van der Waals surface area (Å²) in [5.74, 6) is 0.951. The Balaban J connectivity index is 2.16. The maximum absolute atomic E-state index is 12.2. The fourth-order valence-electron chi connectivity index (χ4n) is 2.04. The second-order valence-corrected chi connectivity index (χ2v) is 4.87. The highest BCUT2D eigenvalue weighted by molar-refractivity contribution is 5.98. The van der Waals surface area contributed by atoms with Crippen molar-refractivity contribution in [2.24, 2.45) is 11.8 Å². The molecule has 86 valence electrons. The van der Waals surface area contributed by atoms with Crippen molar-refractivity contribution in [3.8, 4) is 0 Å². The standard InChI is InChI=1S/C14H19NO/c1-9-4-5-12(6-10(9)2)14(16)11(3)13-7-15-8-13/h4-6,11,13,15H,7-8H2,1-3H3. The van der Waals surface area contributed by atoms with Crippen molar-refractivity contribution in [1.29, 1.82) is 0 Å². The van der Waals surface area contributed by atoms with E-state index in [1.165, 1.54) is 11.1 Å². The molecule has 1 heterocycles. The summed E-state index contributed by atoms with van der Waals surface area (Å²) in [6, 6.07) is 6.00. The molecule has 1 atom stereocenters. The van der Waals surface area contributed by atoms with Crippen LogP contribution < -0.4 is 5.32 Å². The smallest absolute Gasteiger partial charge is 0.166 e. The van der Waals surface area contributed by atoms with E-state index in [9.17, 15) is 4.79 Å². The van der Waals surface area contributed by atoms with Gasteiger partial charge in [-0.3, -0.25) is 4.79 Å². The molecule has 0 amide bonds. The molecule has 0 bridgehead atoms. The topological polar surface area (TPSA) is 29.1 Å². The van der Waals surface area contributed by atoms with Crippen LogP contribution >= 0.6 is 0 Å². The van der Waals surface area contributed by atoms with Crippen LogP contribution in [0.3, 0.4) is 0 Å². The summed E-state index contributed by atoms with van der Waals surface area (Å²) in [4.78, 5) is 12.2. The molecular weight excluding hydrogens is 198 g/mol. The molecule has 1 fully saturated rings. The first-order valence-electron chi connectivity index (χ1n) is 5.92. The Labute approximate surface area is 97.1 Å². The minimum absolute atomic E-state index is 0.142. The summed E-state index contributed by atoms with van der Waals surface area (Å²) in [6.45, 7) is 8.14. The van der Waals surface area contributed by atoms with Crippen LogP contribution in [0.25, 0.3) is 0 Å². The van der Waals surface area contributed by atoms with E-state index in [-0.39, 0.29) is 11.7 Å². The molecule has 1 saturated heterocycles. The van der Waals surface area contributed by atoms with Gasteiger partial charge in [0.15, 0.2) is 5.78 Å². The van der Waals surface area contributed by atoms with Crippen LogP contribution in [0.1, 0.15) is 28.4 Å². The van der Waals surface area contributed by atoms with Gasteiger partial charge in [0.1, 0.15) is 0 Å². The van der Waals surface area contributed by atoms with Gasteiger partial charge in [-0.1, -0.05) is 19.1 Å². The number of Topliss-reactive ketones (excluding diaryl/α,β-unsaturated/α-hetero) is 1. The Morgan fingerprint density at radius 3 is 2.50 bits per heavy atom. The molecule has 0 aromatic heterocycles. The second kappa shape index (κ2) is 4.38. The number of carbonyl (C=O) groups excluding carboxylic acids is 1. The number of benzene rings is 1. The Morgan fingerprint density at radius 2 is 2.00 bits per heavy atom. The molecule has 0 radical (unpaired) electrons. The fraction of sp³-hybridized carbons (Fsp3) is 0.500. The first-order valence-corrected chi connectivity index (χ1v) is 5.92. The molecule has 1 unspecified atom stereocenters. The van der Waals surface area contributed by atoms with Crippen molar-refractivity contribution in [2.45, 2.75) is 20.8 Å². The molecule has 2 rings (SSSR count). The zero-order valence-electron chi connectivity index (χ0n) is 10.2. The molecule has 0 spiro atoms. The molecule has 2 heteroatoms. The molecule has 1 aromatic carbocycles. The SMILES string of the molecule is Cc1ccc(C(=O)C(C)C2CNC2)cc1C. The first kappa shape index (κ1) is 11.3. The van der Waals surface area contributed by atoms with E-state index in [2.05, 4.69) is 19.2 Å². The van der Waals surface area contributed by atoms with E-state index >= 15 is 0 Å². The zero-order chi connectivity index (χ0) is 11.7. The van der Waals surface area contributed by atoms with E-state index in [4.69, 9.17) is 0 Å². The van der Waals surface area contributed by atoms with E-state index in [0.29, 0.717) is 5.92 Å². The van der Waals surface area contributed by atoms with Crippen molar-refractivity contribution in [3.63, 3.8) is 0 Å². The highest BCUT2D eigenvalue weighted by atomic mass is 16.1. The van der Waals surface area contributed by atoms with Gasteiger partial charge in [-0.2, -0.15) is 0 Å². The van der Waals surface area contributed by atoms with Crippen molar-refractivity contribution >= 4 is 5.78 Å². The van der Waals surface area contributed by atoms with Crippen molar-refractivity contribution in [3.05, 3.63) is 34.9 Å². The van der Waals surface area contributed by atoms with E-state index in [0.717, 1.165) is 18.7 Å². The third-order valence-electron chi connectivity index (χ3n) is 3.73. The van der Waals surface area contributed by atoms with Gasteiger partial charge in [0.05, 0.1) is 0 Å². The zero-order valence-corrected chi connectivity index (χ0v) is 10.2. The monoisotopic (exact) mass is 217 g/mol. The van der Waals surface area contributed by atoms with Crippen LogP contribution in [-0.2, 0) is 0 Å². The quantitative estimate of drug-likeness (QED) is 0.787.